The molecule has 2 aromatic rings. The number of carbonyl (C=O) groups is 1. The molecular formula is C16H20N4O5S. The average molecular weight is 380 g/mol. The van der Waals surface area contributed by atoms with E-state index in [0.29, 0.717) is 5.82 Å². The second kappa shape index (κ2) is 7.32. The standard InChI is InChI=1S/C16H20N4O5S/c1-11(17-16(21)20-7-9-26(22,23)10-8-20)15-18-14(19-25-15)12-3-5-13(24-2)6-4-12/h3-6,11H,7-10H2,1-2H3,(H,17,21)/t11-/m1/s1. The molecule has 0 unspecified atom stereocenters. The van der Waals surface area contributed by atoms with Gasteiger partial charge in [-0.2, -0.15) is 4.98 Å². The maximum absolute atomic E-state index is 12.3. The van der Waals surface area contributed by atoms with Crippen molar-refractivity contribution in [3.63, 3.8) is 0 Å². The fourth-order valence-electron chi connectivity index (χ4n) is 2.52. The van der Waals surface area contributed by atoms with Crippen molar-refractivity contribution < 1.29 is 22.5 Å². The molecule has 10 heteroatoms. The van der Waals surface area contributed by atoms with Gasteiger partial charge in [0.25, 0.3) is 0 Å². The van der Waals surface area contributed by atoms with Crippen LogP contribution in [0.2, 0.25) is 0 Å². The lowest BCUT2D eigenvalue weighted by Crippen LogP contribution is -2.48. The largest absolute Gasteiger partial charge is 0.497 e. The molecule has 3 rings (SSSR count). The highest BCUT2D eigenvalue weighted by molar-refractivity contribution is 7.91. The second-order valence-corrected chi connectivity index (χ2v) is 8.30. The molecule has 1 aliphatic rings. The summed E-state index contributed by atoms with van der Waals surface area (Å²) in [6.45, 7) is 2.09. The molecule has 140 valence electrons. The maximum Gasteiger partial charge on any atom is 0.318 e. The molecular weight excluding hydrogens is 360 g/mol. The zero-order chi connectivity index (χ0) is 18.7. The zero-order valence-corrected chi connectivity index (χ0v) is 15.3. The van der Waals surface area contributed by atoms with Gasteiger partial charge in [0.05, 0.1) is 18.6 Å². The van der Waals surface area contributed by atoms with Crippen LogP contribution < -0.4 is 10.1 Å². The van der Waals surface area contributed by atoms with Crippen molar-refractivity contribution in [3.8, 4) is 17.1 Å². The lowest BCUT2D eigenvalue weighted by molar-refractivity contribution is 0.196. The van der Waals surface area contributed by atoms with Gasteiger partial charge >= 0.3 is 6.03 Å². The Hall–Kier alpha value is -2.62. The van der Waals surface area contributed by atoms with Gasteiger partial charge in [-0.05, 0) is 31.2 Å². The van der Waals surface area contributed by atoms with Crippen LogP contribution in [0, 0.1) is 0 Å². The first-order valence-electron chi connectivity index (χ1n) is 8.12. The Labute approximate surface area is 151 Å². The van der Waals surface area contributed by atoms with Gasteiger partial charge in [0.15, 0.2) is 9.84 Å². The molecule has 2 amide bonds. The molecule has 1 aromatic heterocycles. The van der Waals surface area contributed by atoms with Gasteiger partial charge in [0.1, 0.15) is 11.8 Å². The van der Waals surface area contributed by atoms with E-state index in [0.717, 1.165) is 11.3 Å². The van der Waals surface area contributed by atoms with Crippen molar-refractivity contribution in [1.82, 2.24) is 20.4 Å². The second-order valence-electron chi connectivity index (χ2n) is 5.99. The number of ether oxygens (including phenoxy) is 1. The number of urea groups is 1. The van der Waals surface area contributed by atoms with Gasteiger partial charge in [-0.1, -0.05) is 5.16 Å². The van der Waals surface area contributed by atoms with Gasteiger partial charge in [-0.15, -0.1) is 0 Å². The van der Waals surface area contributed by atoms with E-state index < -0.39 is 15.9 Å². The Morgan fingerprint density at radius 1 is 1.27 bits per heavy atom. The number of nitrogens with zero attached hydrogens (tertiary/aromatic N) is 3. The first-order chi connectivity index (χ1) is 12.4. The smallest absolute Gasteiger partial charge is 0.318 e. The van der Waals surface area contributed by atoms with Crippen LogP contribution in [0.3, 0.4) is 0 Å². The lowest BCUT2D eigenvalue weighted by Gasteiger charge is -2.27. The highest BCUT2D eigenvalue weighted by atomic mass is 32.2. The summed E-state index contributed by atoms with van der Waals surface area (Å²) in [6, 6.07) is 6.36. The number of benzene rings is 1. The summed E-state index contributed by atoms with van der Waals surface area (Å²) in [5.74, 6) is 1.37. The number of aromatic nitrogens is 2. The topological polar surface area (TPSA) is 115 Å². The van der Waals surface area contributed by atoms with Crippen molar-refractivity contribution in [1.29, 1.82) is 0 Å². The van der Waals surface area contributed by atoms with Crippen molar-refractivity contribution >= 4 is 15.9 Å². The van der Waals surface area contributed by atoms with E-state index in [1.54, 1.807) is 26.2 Å². The summed E-state index contributed by atoms with van der Waals surface area (Å²) in [5, 5.41) is 6.68. The third-order valence-corrected chi connectivity index (χ3v) is 5.74. The summed E-state index contributed by atoms with van der Waals surface area (Å²) < 4.78 is 33.2. The van der Waals surface area contributed by atoms with Crippen molar-refractivity contribution in [3.05, 3.63) is 30.2 Å². The predicted octanol–water partition coefficient (Wildman–Crippen LogP) is 1.25. The molecule has 0 saturated carbocycles. The van der Waals surface area contributed by atoms with Crippen molar-refractivity contribution in [2.75, 3.05) is 31.7 Å². The number of rotatable bonds is 4. The number of hydrogen-bond acceptors (Lipinski definition) is 7. The molecule has 1 aromatic carbocycles. The number of carbonyl (C=O) groups excluding carboxylic acids is 1. The van der Waals surface area contributed by atoms with E-state index in [4.69, 9.17) is 9.26 Å². The maximum atomic E-state index is 12.3. The molecule has 0 radical (unpaired) electrons. The van der Waals surface area contributed by atoms with Crippen LogP contribution in [0.5, 0.6) is 5.75 Å². The van der Waals surface area contributed by atoms with E-state index >= 15 is 0 Å². The molecule has 1 atom stereocenters. The number of sulfone groups is 1. The number of nitrogens with one attached hydrogen (secondary N) is 1. The SMILES string of the molecule is COc1ccc(-c2noc([C@@H](C)NC(=O)N3CCS(=O)(=O)CC3)n2)cc1. The molecule has 1 fully saturated rings. The normalized spacial score (nSPS) is 17.5. The average Bonchev–Trinajstić information content (AvgIpc) is 3.12. The quantitative estimate of drug-likeness (QED) is 0.849. The number of amides is 2. The Morgan fingerprint density at radius 2 is 1.92 bits per heavy atom. The highest BCUT2D eigenvalue weighted by Gasteiger charge is 2.27. The zero-order valence-electron chi connectivity index (χ0n) is 14.5. The molecule has 0 spiro atoms. The van der Waals surface area contributed by atoms with E-state index in [1.165, 1.54) is 4.90 Å². The van der Waals surface area contributed by atoms with E-state index in [2.05, 4.69) is 15.5 Å². The minimum absolute atomic E-state index is 0.0169. The van der Waals surface area contributed by atoms with Crippen LogP contribution in [-0.4, -0.2) is 61.2 Å². The van der Waals surface area contributed by atoms with Crippen LogP contribution in [0.4, 0.5) is 4.79 Å². The molecule has 2 heterocycles. The van der Waals surface area contributed by atoms with Gasteiger partial charge in [0, 0.05) is 18.7 Å². The third kappa shape index (κ3) is 4.13. The minimum atomic E-state index is -3.03. The van der Waals surface area contributed by atoms with Crippen LogP contribution >= 0.6 is 0 Å². The van der Waals surface area contributed by atoms with Gasteiger partial charge < -0.3 is 19.5 Å². The lowest BCUT2D eigenvalue weighted by atomic mass is 10.2. The molecule has 0 aliphatic carbocycles. The minimum Gasteiger partial charge on any atom is -0.497 e. The molecule has 1 N–H and O–H groups in total. The Bertz CT molecular complexity index is 864. The van der Waals surface area contributed by atoms with Crippen molar-refractivity contribution in [2.24, 2.45) is 0 Å². The number of methoxy groups -OCH3 is 1. The van der Waals surface area contributed by atoms with Crippen molar-refractivity contribution in [2.45, 2.75) is 13.0 Å². The van der Waals surface area contributed by atoms with E-state index in [1.807, 2.05) is 12.1 Å². The molecule has 26 heavy (non-hydrogen) atoms. The monoisotopic (exact) mass is 380 g/mol. The van der Waals surface area contributed by atoms with E-state index in [9.17, 15) is 13.2 Å². The molecule has 1 aliphatic heterocycles. The summed E-state index contributed by atoms with van der Waals surface area (Å²) in [5.41, 5.74) is 0.764. The third-order valence-electron chi connectivity index (χ3n) is 4.13. The fourth-order valence-corrected chi connectivity index (χ4v) is 3.72. The fraction of sp³-hybridized carbons (Fsp3) is 0.438. The van der Waals surface area contributed by atoms with Crippen LogP contribution in [-0.2, 0) is 9.84 Å². The highest BCUT2D eigenvalue weighted by Crippen LogP contribution is 2.21. The Kier molecular flexibility index (Phi) is 5.12. The first-order valence-corrected chi connectivity index (χ1v) is 9.94. The summed E-state index contributed by atoms with van der Waals surface area (Å²) in [6.07, 6.45) is 0. The van der Waals surface area contributed by atoms with Gasteiger partial charge in [0.2, 0.25) is 11.7 Å². The summed E-state index contributed by atoms with van der Waals surface area (Å²) in [4.78, 5) is 18.0. The summed E-state index contributed by atoms with van der Waals surface area (Å²) in [7, 11) is -1.45. The van der Waals surface area contributed by atoms with Gasteiger partial charge in [-0.25, -0.2) is 13.2 Å². The first kappa shape index (κ1) is 18.2. The van der Waals surface area contributed by atoms with E-state index in [-0.39, 0.29) is 36.5 Å². The Morgan fingerprint density at radius 3 is 2.54 bits per heavy atom. The molecule has 1 saturated heterocycles. The summed E-state index contributed by atoms with van der Waals surface area (Å²) >= 11 is 0. The van der Waals surface area contributed by atoms with Gasteiger partial charge in [-0.3, -0.25) is 0 Å². The predicted molar refractivity (Wildman–Crippen MR) is 93.5 cm³/mol. The Balaban J connectivity index is 1.62. The van der Waals surface area contributed by atoms with Crippen LogP contribution in [0.15, 0.2) is 28.8 Å². The molecule has 9 nitrogen and oxygen atoms in total. The van der Waals surface area contributed by atoms with Crippen LogP contribution in [0.25, 0.3) is 11.4 Å². The molecule has 0 bridgehead atoms. The van der Waals surface area contributed by atoms with Crippen LogP contribution in [0.1, 0.15) is 18.9 Å². The number of hydrogen-bond donors (Lipinski definition) is 1.